The molecule has 2 aromatic rings. The van der Waals surface area contributed by atoms with Gasteiger partial charge in [0, 0.05) is 5.39 Å². The molecule has 8 heteroatoms. The molecule has 1 aromatic heterocycles. The van der Waals surface area contributed by atoms with Gasteiger partial charge in [-0.2, -0.15) is 0 Å². The molecular formula is C11H13N5O3. The molecule has 19 heavy (non-hydrogen) atoms. The van der Waals surface area contributed by atoms with Crippen LogP contribution in [0.25, 0.3) is 10.9 Å². The highest BCUT2D eigenvalue weighted by molar-refractivity contribution is 5.78. The Morgan fingerprint density at radius 1 is 1.32 bits per heavy atom. The Balaban J connectivity index is 0.000000399. The van der Waals surface area contributed by atoms with Crippen molar-refractivity contribution in [1.29, 1.82) is 0 Å². The van der Waals surface area contributed by atoms with E-state index in [1.165, 1.54) is 0 Å². The van der Waals surface area contributed by atoms with Crippen molar-refractivity contribution < 1.29 is 10.3 Å². The van der Waals surface area contributed by atoms with Crippen LogP contribution in [0.4, 0.5) is 0 Å². The van der Waals surface area contributed by atoms with Crippen LogP contribution in [0.3, 0.4) is 0 Å². The van der Waals surface area contributed by atoms with E-state index in [-0.39, 0.29) is 5.96 Å². The van der Waals surface area contributed by atoms with Gasteiger partial charge in [-0.25, -0.2) is 4.99 Å². The normalized spacial score (nSPS) is 9.26. The van der Waals surface area contributed by atoms with Gasteiger partial charge in [0.05, 0.1) is 17.8 Å². The van der Waals surface area contributed by atoms with Crippen LogP contribution in [0.15, 0.2) is 41.4 Å². The molecule has 0 saturated heterocycles. The molecule has 0 aliphatic rings. The first kappa shape index (κ1) is 14.2. The first-order chi connectivity index (χ1) is 8.99. The maximum atomic E-state index is 8.36. The first-order valence-electron chi connectivity index (χ1n) is 5.22. The third-order valence-corrected chi connectivity index (χ3v) is 2.08. The average Bonchev–Trinajstić information content (AvgIpc) is 2.35. The van der Waals surface area contributed by atoms with Crippen LogP contribution in [-0.2, 0) is 6.54 Å². The van der Waals surface area contributed by atoms with Gasteiger partial charge in [-0.3, -0.25) is 4.98 Å². The number of pyridine rings is 1. The summed E-state index contributed by atoms with van der Waals surface area (Å²) in [7, 11) is 0. The van der Waals surface area contributed by atoms with Gasteiger partial charge >= 0.3 is 0 Å². The summed E-state index contributed by atoms with van der Waals surface area (Å²) in [6.45, 7) is 0.424. The van der Waals surface area contributed by atoms with Gasteiger partial charge in [0.15, 0.2) is 5.96 Å². The van der Waals surface area contributed by atoms with Crippen molar-refractivity contribution in [2.24, 2.45) is 16.5 Å². The van der Waals surface area contributed by atoms with E-state index in [4.69, 9.17) is 26.8 Å². The molecule has 0 bridgehead atoms. The first-order valence-corrected chi connectivity index (χ1v) is 5.22. The fourth-order valence-corrected chi connectivity index (χ4v) is 1.37. The summed E-state index contributed by atoms with van der Waals surface area (Å²) in [5.41, 5.74) is 12.3. The molecule has 0 aliphatic carbocycles. The number of guanidine groups is 1. The standard InChI is InChI=1S/C11H12N4.HNO3/c12-11(13)14-7-9-6-5-8-3-1-2-4-10(8)15-9;2-1(3)4/h1-6H,7H2,(H4,12,13,14);(H,2,3,4). The molecule has 1 aromatic carbocycles. The molecule has 100 valence electrons. The van der Waals surface area contributed by atoms with Crippen LogP contribution in [0.5, 0.6) is 0 Å². The number of aromatic nitrogens is 1. The molecule has 0 fully saturated rings. The van der Waals surface area contributed by atoms with Crippen LogP contribution in [0, 0.1) is 10.1 Å². The maximum Gasteiger partial charge on any atom is 0.291 e. The predicted octanol–water partition coefficient (Wildman–Crippen LogP) is 0.660. The van der Waals surface area contributed by atoms with Crippen molar-refractivity contribution in [1.82, 2.24) is 4.98 Å². The lowest BCUT2D eigenvalue weighted by atomic mass is 10.2. The summed E-state index contributed by atoms with van der Waals surface area (Å²) in [4.78, 5) is 16.7. The Labute approximate surface area is 108 Å². The average molecular weight is 263 g/mol. The van der Waals surface area contributed by atoms with E-state index in [1.807, 2.05) is 36.4 Å². The Bertz CT molecular complexity index is 592. The number of rotatable bonds is 2. The van der Waals surface area contributed by atoms with Gasteiger partial charge in [0.25, 0.3) is 5.09 Å². The Morgan fingerprint density at radius 3 is 2.58 bits per heavy atom. The van der Waals surface area contributed by atoms with Gasteiger partial charge in [0.2, 0.25) is 0 Å². The molecule has 0 unspecified atom stereocenters. The van der Waals surface area contributed by atoms with Crippen molar-refractivity contribution >= 4 is 16.9 Å². The summed E-state index contributed by atoms with van der Waals surface area (Å²) in [6.07, 6.45) is 0. The molecule has 2 rings (SSSR count). The lowest BCUT2D eigenvalue weighted by Crippen LogP contribution is -2.22. The van der Waals surface area contributed by atoms with Gasteiger partial charge in [0.1, 0.15) is 0 Å². The zero-order valence-electron chi connectivity index (χ0n) is 9.93. The summed E-state index contributed by atoms with van der Waals surface area (Å²) in [5, 5.41) is 14.8. The van der Waals surface area contributed by atoms with Crippen LogP contribution in [-0.4, -0.2) is 21.2 Å². The van der Waals surface area contributed by atoms with Gasteiger partial charge in [-0.05, 0) is 12.1 Å². The van der Waals surface area contributed by atoms with Gasteiger partial charge in [-0.1, -0.05) is 24.3 Å². The number of hydrogen-bond acceptors (Lipinski definition) is 4. The highest BCUT2D eigenvalue weighted by atomic mass is 16.9. The summed E-state index contributed by atoms with van der Waals surface area (Å²) in [5.74, 6) is 0.0879. The van der Waals surface area contributed by atoms with Gasteiger partial charge in [-0.15, -0.1) is 10.1 Å². The molecule has 0 aliphatic heterocycles. The van der Waals surface area contributed by atoms with E-state index in [0.717, 1.165) is 16.6 Å². The number of nitrogens with two attached hydrogens (primary N) is 2. The molecule has 0 saturated carbocycles. The highest BCUT2D eigenvalue weighted by Gasteiger charge is 1.96. The van der Waals surface area contributed by atoms with Crippen LogP contribution < -0.4 is 11.5 Å². The topological polar surface area (TPSA) is 141 Å². The summed E-state index contributed by atoms with van der Waals surface area (Å²) < 4.78 is 0. The number of benzene rings is 1. The third kappa shape index (κ3) is 5.31. The second-order valence-electron chi connectivity index (χ2n) is 3.47. The van der Waals surface area contributed by atoms with Crippen molar-refractivity contribution in [3.8, 4) is 0 Å². The Kier molecular flexibility index (Phi) is 5.03. The number of para-hydroxylation sites is 1. The fraction of sp³-hybridized carbons (Fsp3) is 0.0909. The summed E-state index contributed by atoms with van der Waals surface area (Å²) >= 11 is 0. The Morgan fingerprint density at radius 2 is 1.95 bits per heavy atom. The fourth-order valence-electron chi connectivity index (χ4n) is 1.37. The zero-order chi connectivity index (χ0) is 14.3. The molecule has 1 heterocycles. The van der Waals surface area contributed by atoms with E-state index >= 15 is 0 Å². The Hall–Kier alpha value is -2.90. The smallest absolute Gasteiger partial charge is 0.291 e. The number of fused-ring (bicyclic) bond motifs is 1. The molecule has 0 amide bonds. The van der Waals surface area contributed by atoms with Crippen molar-refractivity contribution in [3.05, 3.63) is 52.2 Å². The second-order valence-corrected chi connectivity index (χ2v) is 3.47. The molecule has 5 N–H and O–H groups in total. The minimum atomic E-state index is -1.50. The molecule has 0 radical (unpaired) electrons. The molecule has 0 spiro atoms. The number of aliphatic imine (C=N–C) groups is 1. The van der Waals surface area contributed by atoms with E-state index < -0.39 is 5.09 Å². The van der Waals surface area contributed by atoms with Crippen LogP contribution >= 0.6 is 0 Å². The largest absolute Gasteiger partial charge is 0.370 e. The number of nitrogens with zero attached hydrogens (tertiary/aromatic N) is 3. The lowest BCUT2D eigenvalue weighted by molar-refractivity contribution is -0.742. The minimum Gasteiger partial charge on any atom is -0.370 e. The van der Waals surface area contributed by atoms with E-state index in [0.29, 0.717) is 6.54 Å². The lowest BCUT2D eigenvalue weighted by Gasteiger charge is -2.00. The van der Waals surface area contributed by atoms with Crippen LogP contribution in [0.2, 0.25) is 0 Å². The summed E-state index contributed by atoms with van der Waals surface area (Å²) in [6, 6.07) is 11.9. The molecule has 8 nitrogen and oxygen atoms in total. The van der Waals surface area contributed by atoms with Crippen molar-refractivity contribution in [2.45, 2.75) is 6.54 Å². The predicted molar refractivity (Wildman–Crippen MR) is 70.0 cm³/mol. The van der Waals surface area contributed by atoms with E-state index in [9.17, 15) is 0 Å². The SMILES string of the molecule is NC(N)=NCc1ccc2ccccc2n1.O=[N+]([O-])O. The van der Waals surface area contributed by atoms with E-state index in [2.05, 4.69) is 9.98 Å². The third-order valence-electron chi connectivity index (χ3n) is 2.08. The van der Waals surface area contributed by atoms with Crippen molar-refractivity contribution in [2.75, 3.05) is 0 Å². The maximum absolute atomic E-state index is 8.36. The van der Waals surface area contributed by atoms with Crippen molar-refractivity contribution in [3.63, 3.8) is 0 Å². The minimum absolute atomic E-state index is 0.0879. The van der Waals surface area contributed by atoms with E-state index in [1.54, 1.807) is 0 Å². The zero-order valence-corrected chi connectivity index (χ0v) is 9.93. The monoisotopic (exact) mass is 263 g/mol. The highest BCUT2D eigenvalue weighted by Crippen LogP contribution is 2.11. The number of hydrogen-bond donors (Lipinski definition) is 3. The second kappa shape index (κ2) is 6.74. The molecule has 0 atom stereocenters. The molecular weight excluding hydrogens is 250 g/mol. The van der Waals surface area contributed by atoms with Gasteiger partial charge < -0.3 is 16.7 Å². The quantitative estimate of drug-likeness (QED) is 0.314. The van der Waals surface area contributed by atoms with Crippen LogP contribution in [0.1, 0.15) is 5.69 Å².